The molecule has 0 aliphatic carbocycles. The Hall–Kier alpha value is -2.77. The first kappa shape index (κ1) is 20.0. The molecule has 1 saturated heterocycles. The Balaban J connectivity index is 1.42. The lowest BCUT2D eigenvalue weighted by molar-refractivity contribution is -0.120. The molecule has 0 spiro atoms. The van der Waals surface area contributed by atoms with Crippen LogP contribution in [0.4, 0.5) is 19.3 Å². The smallest absolute Gasteiger partial charge is 0.314 e. The van der Waals surface area contributed by atoms with Crippen LogP contribution in [0.15, 0.2) is 34.8 Å². The summed E-state index contributed by atoms with van der Waals surface area (Å²) in [6, 6.07) is 3.54. The van der Waals surface area contributed by atoms with Gasteiger partial charge in [-0.15, -0.1) is 0 Å². The molecule has 6 nitrogen and oxygen atoms in total. The minimum Gasteiger partial charge on any atom is -0.371 e. The highest BCUT2D eigenvalue weighted by Gasteiger charge is 2.25. The van der Waals surface area contributed by atoms with Crippen molar-refractivity contribution in [3.8, 4) is 0 Å². The van der Waals surface area contributed by atoms with E-state index in [1.54, 1.807) is 13.0 Å². The zero-order chi connectivity index (χ0) is 20.3. The van der Waals surface area contributed by atoms with Crippen molar-refractivity contribution in [2.75, 3.05) is 31.1 Å². The molecular formula is C20H24F2N4O2. The number of anilines is 1. The van der Waals surface area contributed by atoms with Gasteiger partial charge in [-0.1, -0.05) is 5.57 Å². The molecule has 2 N–H and O–H groups in total. The number of halogens is 2. The van der Waals surface area contributed by atoms with Gasteiger partial charge >= 0.3 is 6.03 Å². The summed E-state index contributed by atoms with van der Waals surface area (Å²) < 4.78 is 26.5. The number of benzene rings is 1. The molecule has 2 heterocycles. The Morgan fingerprint density at radius 3 is 2.68 bits per heavy atom. The summed E-state index contributed by atoms with van der Waals surface area (Å²) in [4.78, 5) is 29.9. The number of rotatable bonds is 5. The molecule has 3 rings (SSSR count). The van der Waals surface area contributed by atoms with Crippen molar-refractivity contribution in [1.29, 1.82) is 0 Å². The van der Waals surface area contributed by atoms with E-state index in [-0.39, 0.29) is 24.4 Å². The number of urea groups is 1. The Bertz CT molecular complexity index is 837. The zero-order valence-corrected chi connectivity index (χ0v) is 16.0. The standard InChI is InChI=1S/C20H24F2N4O2/c1-12-7-13(2)25-19(27)16(12)10-24-20(28)23-9-14-5-6-26(11-14)15-3-4-17(21)18(22)8-15/h3-4,7-8,14,16H,5-6,9-11H2,1-2H3,(H2,23,24,28). The molecule has 2 unspecified atom stereocenters. The SMILES string of the molecule is CC1=CC(C)=NC(=O)C1CNC(=O)NCC1CCN(c2ccc(F)c(F)c2)C1. The molecule has 8 heteroatoms. The monoisotopic (exact) mass is 390 g/mol. The van der Waals surface area contributed by atoms with Gasteiger partial charge in [0.25, 0.3) is 5.91 Å². The first-order valence-electron chi connectivity index (χ1n) is 9.32. The second kappa shape index (κ2) is 8.50. The van der Waals surface area contributed by atoms with E-state index in [9.17, 15) is 18.4 Å². The lowest BCUT2D eigenvalue weighted by Crippen LogP contribution is -2.42. The minimum absolute atomic E-state index is 0.204. The van der Waals surface area contributed by atoms with Gasteiger partial charge in [-0.3, -0.25) is 4.79 Å². The van der Waals surface area contributed by atoms with Crippen LogP contribution >= 0.6 is 0 Å². The topological polar surface area (TPSA) is 73.8 Å². The molecule has 0 radical (unpaired) electrons. The van der Waals surface area contributed by atoms with E-state index in [0.29, 0.717) is 24.5 Å². The van der Waals surface area contributed by atoms with Crippen LogP contribution in [0.2, 0.25) is 0 Å². The maximum absolute atomic E-state index is 13.4. The van der Waals surface area contributed by atoms with E-state index < -0.39 is 17.6 Å². The molecule has 0 bridgehead atoms. The minimum atomic E-state index is -0.861. The molecule has 0 saturated carbocycles. The molecular weight excluding hydrogens is 366 g/mol. The molecule has 1 aromatic carbocycles. The molecule has 2 atom stereocenters. The first-order valence-corrected chi connectivity index (χ1v) is 9.32. The van der Waals surface area contributed by atoms with Crippen LogP contribution in [-0.2, 0) is 4.79 Å². The quantitative estimate of drug-likeness (QED) is 0.812. The van der Waals surface area contributed by atoms with Gasteiger partial charge in [0.2, 0.25) is 0 Å². The Morgan fingerprint density at radius 2 is 1.96 bits per heavy atom. The second-order valence-corrected chi connectivity index (χ2v) is 7.32. The number of hydrogen-bond donors (Lipinski definition) is 2. The number of carbonyl (C=O) groups excluding carboxylic acids is 2. The zero-order valence-electron chi connectivity index (χ0n) is 16.0. The van der Waals surface area contributed by atoms with Crippen LogP contribution < -0.4 is 15.5 Å². The van der Waals surface area contributed by atoms with Gasteiger partial charge in [-0.05, 0) is 44.4 Å². The Morgan fingerprint density at radius 1 is 1.21 bits per heavy atom. The lowest BCUT2D eigenvalue weighted by Gasteiger charge is -2.20. The highest BCUT2D eigenvalue weighted by Crippen LogP contribution is 2.25. The molecule has 2 aliphatic heterocycles. The van der Waals surface area contributed by atoms with Crippen LogP contribution in [0.3, 0.4) is 0 Å². The summed E-state index contributed by atoms with van der Waals surface area (Å²) in [6.07, 6.45) is 2.69. The number of nitrogens with one attached hydrogen (secondary N) is 2. The maximum Gasteiger partial charge on any atom is 0.314 e. The summed E-state index contributed by atoms with van der Waals surface area (Å²) in [6.45, 7) is 5.67. The van der Waals surface area contributed by atoms with Gasteiger partial charge in [-0.25, -0.2) is 18.6 Å². The van der Waals surface area contributed by atoms with E-state index in [0.717, 1.165) is 24.6 Å². The van der Waals surface area contributed by atoms with Gasteiger partial charge in [0.1, 0.15) is 0 Å². The molecule has 2 aliphatic rings. The van der Waals surface area contributed by atoms with Gasteiger partial charge in [0, 0.05) is 43.6 Å². The van der Waals surface area contributed by atoms with E-state index >= 15 is 0 Å². The van der Waals surface area contributed by atoms with E-state index in [1.807, 2.05) is 17.9 Å². The highest BCUT2D eigenvalue weighted by molar-refractivity contribution is 6.05. The summed E-state index contributed by atoms with van der Waals surface area (Å²) in [7, 11) is 0. The molecule has 150 valence electrons. The number of allylic oxidation sites excluding steroid dienone is 1. The largest absolute Gasteiger partial charge is 0.371 e. The Labute approximate surface area is 162 Å². The fourth-order valence-corrected chi connectivity index (χ4v) is 3.57. The summed E-state index contributed by atoms with van der Waals surface area (Å²) in [5.74, 6) is -2.18. The van der Waals surface area contributed by atoms with Crippen molar-refractivity contribution < 1.29 is 18.4 Å². The predicted molar refractivity (Wildman–Crippen MR) is 103 cm³/mol. The number of dihydropyridines is 1. The summed E-state index contributed by atoms with van der Waals surface area (Å²) in [5, 5.41) is 5.54. The average molecular weight is 390 g/mol. The van der Waals surface area contributed by atoms with Crippen molar-refractivity contribution in [2.24, 2.45) is 16.8 Å². The first-order chi connectivity index (χ1) is 13.3. The average Bonchev–Trinajstić information content (AvgIpc) is 3.10. The normalized spacial score (nSPS) is 22.0. The van der Waals surface area contributed by atoms with Gasteiger partial charge in [0.05, 0.1) is 5.92 Å². The van der Waals surface area contributed by atoms with Crippen molar-refractivity contribution in [3.63, 3.8) is 0 Å². The third-order valence-electron chi connectivity index (χ3n) is 5.14. The van der Waals surface area contributed by atoms with Gasteiger partial charge < -0.3 is 15.5 Å². The summed E-state index contributed by atoms with van der Waals surface area (Å²) >= 11 is 0. The maximum atomic E-state index is 13.4. The number of carbonyl (C=O) groups is 2. The fourth-order valence-electron chi connectivity index (χ4n) is 3.57. The van der Waals surface area contributed by atoms with Gasteiger partial charge in [0.15, 0.2) is 11.6 Å². The van der Waals surface area contributed by atoms with E-state index in [2.05, 4.69) is 15.6 Å². The third kappa shape index (κ3) is 4.74. The lowest BCUT2D eigenvalue weighted by atomic mass is 9.96. The van der Waals surface area contributed by atoms with Gasteiger partial charge in [-0.2, -0.15) is 0 Å². The van der Waals surface area contributed by atoms with Crippen molar-refractivity contribution in [2.45, 2.75) is 20.3 Å². The highest BCUT2D eigenvalue weighted by atomic mass is 19.2. The molecule has 0 aromatic heterocycles. The summed E-state index contributed by atoms with van der Waals surface area (Å²) in [5.41, 5.74) is 2.20. The van der Waals surface area contributed by atoms with Crippen molar-refractivity contribution in [1.82, 2.24) is 10.6 Å². The van der Waals surface area contributed by atoms with E-state index in [1.165, 1.54) is 6.07 Å². The number of aliphatic imine (C=N–C) groups is 1. The predicted octanol–water partition coefficient (Wildman–Crippen LogP) is 2.65. The molecule has 1 fully saturated rings. The van der Waals surface area contributed by atoms with Crippen LogP contribution in [0, 0.1) is 23.5 Å². The number of nitrogens with zero attached hydrogens (tertiary/aromatic N) is 2. The Kier molecular flexibility index (Phi) is 6.06. The van der Waals surface area contributed by atoms with Crippen molar-refractivity contribution >= 4 is 23.3 Å². The number of hydrogen-bond acceptors (Lipinski definition) is 3. The number of amides is 3. The molecule has 28 heavy (non-hydrogen) atoms. The van der Waals surface area contributed by atoms with Crippen LogP contribution in [0.1, 0.15) is 20.3 Å². The molecule has 3 amide bonds. The second-order valence-electron chi connectivity index (χ2n) is 7.32. The van der Waals surface area contributed by atoms with Crippen molar-refractivity contribution in [3.05, 3.63) is 41.5 Å². The van der Waals surface area contributed by atoms with Crippen LogP contribution in [0.25, 0.3) is 0 Å². The van der Waals surface area contributed by atoms with Crippen LogP contribution in [-0.4, -0.2) is 43.8 Å². The van der Waals surface area contributed by atoms with E-state index in [4.69, 9.17) is 0 Å². The molecule has 1 aromatic rings. The third-order valence-corrected chi connectivity index (χ3v) is 5.14. The fraction of sp³-hybridized carbons (Fsp3) is 0.450. The van der Waals surface area contributed by atoms with Crippen LogP contribution in [0.5, 0.6) is 0 Å².